The molecule has 0 radical (unpaired) electrons. The SMILES string of the molecule is NCCC(O)C(O)c1cnc2ccc(Cl)nn12. The van der Waals surface area contributed by atoms with Crippen molar-refractivity contribution in [1.29, 1.82) is 0 Å². The minimum atomic E-state index is -1.08. The molecule has 0 saturated heterocycles. The van der Waals surface area contributed by atoms with E-state index in [1.807, 2.05) is 0 Å². The van der Waals surface area contributed by atoms with Crippen LogP contribution in [-0.2, 0) is 0 Å². The monoisotopic (exact) mass is 256 g/mol. The van der Waals surface area contributed by atoms with Crippen LogP contribution in [-0.4, -0.2) is 37.5 Å². The van der Waals surface area contributed by atoms with Gasteiger partial charge in [0.25, 0.3) is 0 Å². The van der Waals surface area contributed by atoms with E-state index in [1.54, 1.807) is 12.1 Å². The van der Waals surface area contributed by atoms with Crippen molar-refractivity contribution in [3.8, 4) is 0 Å². The van der Waals surface area contributed by atoms with Crippen LogP contribution in [0.25, 0.3) is 5.65 Å². The van der Waals surface area contributed by atoms with Crippen molar-refractivity contribution in [2.24, 2.45) is 5.73 Å². The molecule has 2 unspecified atom stereocenters. The van der Waals surface area contributed by atoms with Crippen molar-refractivity contribution < 1.29 is 10.2 Å². The maximum atomic E-state index is 9.95. The van der Waals surface area contributed by atoms with Crippen molar-refractivity contribution in [3.05, 3.63) is 29.2 Å². The predicted molar refractivity (Wildman–Crippen MR) is 62.6 cm³/mol. The van der Waals surface area contributed by atoms with E-state index in [2.05, 4.69) is 10.1 Å². The highest BCUT2D eigenvalue weighted by Crippen LogP contribution is 2.20. The summed E-state index contributed by atoms with van der Waals surface area (Å²) < 4.78 is 1.41. The maximum absolute atomic E-state index is 9.95. The molecule has 0 saturated carbocycles. The molecule has 2 aromatic rings. The average molecular weight is 257 g/mol. The van der Waals surface area contributed by atoms with Crippen LogP contribution in [0.2, 0.25) is 5.15 Å². The lowest BCUT2D eigenvalue weighted by Gasteiger charge is -2.16. The zero-order valence-corrected chi connectivity index (χ0v) is 9.75. The normalized spacial score (nSPS) is 15.1. The molecule has 92 valence electrons. The lowest BCUT2D eigenvalue weighted by Crippen LogP contribution is -2.23. The van der Waals surface area contributed by atoms with Gasteiger partial charge in [-0.1, -0.05) is 11.6 Å². The highest BCUT2D eigenvalue weighted by Gasteiger charge is 2.21. The van der Waals surface area contributed by atoms with E-state index < -0.39 is 12.2 Å². The van der Waals surface area contributed by atoms with Gasteiger partial charge in [0.05, 0.1) is 18.0 Å². The van der Waals surface area contributed by atoms with Gasteiger partial charge in [-0.2, -0.15) is 5.10 Å². The fourth-order valence-corrected chi connectivity index (χ4v) is 1.73. The fourth-order valence-electron chi connectivity index (χ4n) is 1.60. The lowest BCUT2D eigenvalue weighted by molar-refractivity contribution is 0.0114. The van der Waals surface area contributed by atoms with Gasteiger partial charge in [-0.3, -0.25) is 0 Å². The second kappa shape index (κ2) is 4.97. The number of halogens is 1. The zero-order valence-electron chi connectivity index (χ0n) is 8.99. The molecule has 0 aromatic carbocycles. The predicted octanol–water partition coefficient (Wildman–Crippen LogP) is 0.126. The summed E-state index contributed by atoms with van der Waals surface area (Å²) in [5.74, 6) is 0. The van der Waals surface area contributed by atoms with Crippen LogP contribution in [0.3, 0.4) is 0 Å². The molecular weight excluding hydrogens is 244 g/mol. The maximum Gasteiger partial charge on any atom is 0.153 e. The van der Waals surface area contributed by atoms with E-state index in [0.717, 1.165) is 0 Å². The summed E-state index contributed by atoms with van der Waals surface area (Å²) in [5, 5.41) is 23.9. The molecule has 17 heavy (non-hydrogen) atoms. The number of aromatic nitrogens is 3. The van der Waals surface area contributed by atoms with Gasteiger partial charge < -0.3 is 15.9 Å². The summed E-state index contributed by atoms with van der Waals surface area (Å²) in [6.45, 7) is 0.295. The second-order valence-corrected chi connectivity index (χ2v) is 4.09. The Morgan fingerprint density at radius 3 is 2.88 bits per heavy atom. The number of imidazole rings is 1. The Labute approximate surface area is 103 Å². The largest absolute Gasteiger partial charge is 0.390 e. The van der Waals surface area contributed by atoms with E-state index in [-0.39, 0.29) is 5.15 Å². The van der Waals surface area contributed by atoms with Crippen molar-refractivity contribution in [2.45, 2.75) is 18.6 Å². The molecule has 0 spiro atoms. The first-order valence-electron chi connectivity index (χ1n) is 5.20. The zero-order chi connectivity index (χ0) is 12.4. The van der Waals surface area contributed by atoms with Gasteiger partial charge in [0.1, 0.15) is 11.3 Å². The fraction of sp³-hybridized carbons (Fsp3) is 0.400. The van der Waals surface area contributed by atoms with Crippen molar-refractivity contribution >= 4 is 17.2 Å². The highest BCUT2D eigenvalue weighted by molar-refractivity contribution is 6.29. The molecule has 0 bridgehead atoms. The van der Waals surface area contributed by atoms with Crippen LogP contribution in [0.4, 0.5) is 0 Å². The summed E-state index contributed by atoms with van der Waals surface area (Å²) in [4.78, 5) is 4.06. The Balaban J connectivity index is 2.38. The highest BCUT2D eigenvalue weighted by atomic mass is 35.5. The topological polar surface area (TPSA) is 96.7 Å². The Morgan fingerprint density at radius 2 is 2.18 bits per heavy atom. The first-order valence-corrected chi connectivity index (χ1v) is 5.57. The Morgan fingerprint density at radius 1 is 1.41 bits per heavy atom. The first-order chi connectivity index (χ1) is 8.13. The van der Waals surface area contributed by atoms with E-state index in [4.69, 9.17) is 17.3 Å². The van der Waals surface area contributed by atoms with Crippen molar-refractivity contribution in [1.82, 2.24) is 14.6 Å². The van der Waals surface area contributed by atoms with Gasteiger partial charge in [-0.15, -0.1) is 0 Å². The third kappa shape index (κ3) is 2.39. The van der Waals surface area contributed by atoms with Gasteiger partial charge in [0.15, 0.2) is 5.65 Å². The minimum Gasteiger partial charge on any atom is -0.390 e. The Hall–Kier alpha value is -1.21. The van der Waals surface area contributed by atoms with Crippen molar-refractivity contribution in [2.75, 3.05) is 6.54 Å². The summed E-state index contributed by atoms with van der Waals surface area (Å²) in [5.41, 5.74) is 6.28. The molecule has 4 N–H and O–H groups in total. The number of rotatable bonds is 4. The summed E-state index contributed by atoms with van der Waals surface area (Å²) in [7, 11) is 0. The number of nitrogens with two attached hydrogens (primary N) is 1. The molecule has 6 nitrogen and oxygen atoms in total. The second-order valence-electron chi connectivity index (χ2n) is 3.70. The Bertz CT molecular complexity index is 516. The molecule has 2 aromatic heterocycles. The Kier molecular flexibility index (Phi) is 3.58. The molecule has 2 heterocycles. The number of nitrogens with zero attached hydrogens (tertiary/aromatic N) is 3. The van der Waals surface area contributed by atoms with Crippen LogP contribution in [0.1, 0.15) is 18.2 Å². The van der Waals surface area contributed by atoms with E-state index in [1.165, 1.54) is 10.7 Å². The van der Waals surface area contributed by atoms with E-state index in [9.17, 15) is 10.2 Å². The number of fused-ring (bicyclic) bond motifs is 1. The van der Waals surface area contributed by atoms with Crippen LogP contribution in [0.15, 0.2) is 18.3 Å². The number of hydrogen-bond donors (Lipinski definition) is 3. The van der Waals surface area contributed by atoms with Crippen LogP contribution >= 0.6 is 11.6 Å². The molecular formula is C10H13ClN4O2. The summed E-state index contributed by atoms with van der Waals surface area (Å²) in [6.07, 6.45) is -0.266. The van der Waals surface area contributed by atoms with Gasteiger partial charge in [-0.25, -0.2) is 9.50 Å². The van der Waals surface area contributed by atoms with Gasteiger partial charge in [-0.05, 0) is 25.1 Å². The summed E-state index contributed by atoms with van der Waals surface area (Å²) in [6, 6.07) is 3.29. The van der Waals surface area contributed by atoms with E-state index in [0.29, 0.717) is 24.3 Å². The third-order valence-electron chi connectivity index (χ3n) is 2.49. The molecule has 0 fully saturated rings. The lowest BCUT2D eigenvalue weighted by atomic mass is 10.1. The number of aliphatic hydroxyl groups excluding tert-OH is 2. The van der Waals surface area contributed by atoms with Crippen LogP contribution < -0.4 is 5.73 Å². The third-order valence-corrected chi connectivity index (χ3v) is 2.69. The molecule has 2 atom stereocenters. The standard InChI is InChI=1S/C10H13ClN4O2/c11-8-1-2-9-13-5-6(15(9)14-8)10(17)7(16)3-4-12/h1-2,5,7,10,16-17H,3-4,12H2. The number of hydrogen-bond acceptors (Lipinski definition) is 5. The van der Waals surface area contributed by atoms with Gasteiger partial charge >= 0.3 is 0 Å². The quantitative estimate of drug-likeness (QED) is 0.722. The smallest absolute Gasteiger partial charge is 0.153 e. The van der Waals surface area contributed by atoms with Crippen LogP contribution in [0.5, 0.6) is 0 Å². The van der Waals surface area contributed by atoms with E-state index >= 15 is 0 Å². The molecule has 7 heteroatoms. The molecule has 2 rings (SSSR count). The van der Waals surface area contributed by atoms with Crippen molar-refractivity contribution in [3.63, 3.8) is 0 Å². The molecule has 0 amide bonds. The number of aliphatic hydroxyl groups is 2. The first kappa shape index (κ1) is 12.3. The average Bonchev–Trinajstić information content (AvgIpc) is 2.71. The molecule has 0 aliphatic heterocycles. The molecule has 0 aliphatic carbocycles. The summed E-state index contributed by atoms with van der Waals surface area (Å²) >= 11 is 5.77. The van der Waals surface area contributed by atoms with Crippen LogP contribution in [0, 0.1) is 0 Å². The van der Waals surface area contributed by atoms with Gasteiger partial charge in [0, 0.05) is 0 Å². The minimum absolute atomic E-state index is 0.289. The van der Waals surface area contributed by atoms with Gasteiger partial charge in [0.2, 0.25) is 0 Å². The molecule has 0 aliphatic rings.